The first-order valence-corrected chi connectivity index (χ1v) is 10.9. The lowest BCUT2D eigenvalue weighted by molar-refractivity contribution is 0.102. The Labute approximate surface area is 194 Å². The maximum absolute atomic E-state index is 13.2. The number of H-pyrrole nitrogens is 1. The van der Waals surface area contributed by atoms with Crippen LogP contribution in [0.5, 0.6) is 11.5 Å². The Bertz CT molecular complexity index is 1400. The Morgan fingerprint density at radius 2 is 2.00 bits per heavy atom. The summed E-state index contributed by atoms with van der Waals surface area (Å²) in [5.74, 6) is 1.54. The Balaban J connectivity index is 1.57. The lowest BCUT2D eigenvalue weighted by atomic mass is 9.97. The third-order valence-electron chi connectivity index (χ3n) is 5.76. The molecule has 3 heterocycles. The summed E-state index contributed by atoms with van der Waals surface area (Å²) in [7, 11) is 3.02. The standard InChI is InChI=1S/C24H23N5O5/c1-32-14-9-10-16(20(12-14)33-2)23(31)26-21-13-18(19-8-5-11-34-19)28-29(21)24-25-17-7-4-3-6-15(17)22(30)27-24/h5,8-13H,3-4,6-7H2,1-2H3,(H,26,31)(H,25,27,30). The lowest BCUT2D eigenvalue weighted by Gasteiger charge is -2.15. The fourth-order valence-corrected chi connectivity index (χ4v) is 4.04. The van der Waals surface area contributed by atoms with E-state index in [1.54, 1.807) is 36.4 Å². The van der Waals surface area contributed by atoms with Crippen molar-refractivity contribution < 1.29 is 18.7 Å². The molecule has 0 atom stereocenters. The monoisotopic (exact) mass is 461 g/mol. The second-order valence-corrected chi connectivity index (χ2v) is 7.85. The summed E-state index contributed by atoms with van der Waals surface area (Å²) in [6.45, 7) is 0. The fraction of sp³-hybridized carbons (Fsp3) is 0.250. The molecular weight excluding hydrogens is 438 g/mol. The third-order valence-corrected chi connectivity index (χ3v) is 5.76. The number of furan rings is 1. The molecule has 0 bridgehead atoms. The molecule has 1 amide bonds. The van der Waals surface area contributed by atoms with Crippen molar-refractivity contribution in [1.29, 1.82) is 0 Å². The highest BCUT2D eigenvalue weighted by molar-refractivity contribution is 6.06. The van der Waals surface area contributed by atoms with E-state index < -0.39 is 5.91 Å². The smallest absolute Gasteiger partial charge is 0.260 e. The molecule has 0 saturated heterocycles. The molecule has 3 aromatic heterocycles. The van der Waals surface area contributed by atoms with Gasteiger partial charge in [-0.05, 0) is 49.9 Å². The molecular formula is C24H23N5O5. The van der Waals surface area contributed by atoms with Gasteiger partial charge in [-0.15, -0.1) is 0 Å². The number of nitrogens with one attached hydrogen (secondary N) is 2. The number of carbonyl (C=O) groups is 1. The second kappa shape index (κ2) is 8.89. The van der Waals surface area contributed by atoms with Crippen molar-refractivity contribution in [1.82, 2.24) is 19.7 Å². The summed E-state index contributed by atoms with van der Waals surface area (Å²) in [5.41, 5.74) is 2.06. The summed E-state index contributed by atoms with van der Waals surface area (Å²) in [6.07, 6.45) is 4.90. The Kier molecular flexibility index (Phi) is 5.62. The molecule has 0 unspecified atom stereocenters. The zero-order valence-electron chi connectivity index (χ0n) is 18.8. The van der Waals surface area contributed by atoms with Crippen molar-refractivity contribution in [2.24, 2.45) is 0 Å². The van der Waals surface area contributed by atoms with Crippen molar-refractivity contribution in [3.8, 4) is 28.9 Å². The maximum Gasteiger partial charge on any atom is 0.260 e. The Morgan fingerprint density at radius 3 is 2.76 bits per heavy atom. The van der Waals surface area contributed by atoms with Crippen LogP contribution in [0.4, 0.5) is 5.82 Å². The van der Waals surface area contributed by atoms with Crippen LogP contribution in [0.1, 0.15) is 34.5 Å². The van der Waals surface area contributed by atoms with E-state index in [1.807, 2.05) is 0 Å². The molecule has 10 heteroatoms. The number of hydrogen-bond donors (Lipinski definition) is 2. The van der Waals surface area contributed by atoms with Gasteiger partial charge in [0.25, 0.3) is 11.5 Å². The van der Waals surface area contributed by atoms with Crippen LogP contribution in [0, 0.1) is 0 Å². The van der Waals surface area contributed by atoms with Crippen LogP contribution in [0.2, 0.25) is 0 Å². The molecule has 34 heavy (non-hydrogen) atoms. The molecule has 0 spiro atoms. The van der Waals surface area contributed by atoms with Gasteiger partial charge in [0.1, 0.15) is 23.0 Å². The molecule has 4 aromatic rings. The van der Waals surface area contributed by atoms with Crippen LogP contribution in [0.3, 0.4) is 0 Å². The van der Waals surface area contributed by atoms with Crippen molar-refractivity contribution in [2.45, 2.75) is 25.7 Å². The zero-order valence-corrected chi connectivity index (χ0v) is 18.8. The minimum Gasteiger partial charge on any atom is -0.497 e. The largest absolute Gasteiger partial charge is 0.497 e. The number of anilines is 1. The van der Waals surface area contributed by atoms with Crippen molar-refractivity contribution >= 4 is 11.7 Å². The van der Waals surface area contributed by atoms with Gasteiger partial charge >= 0.3 is 0 Å². The molecule has 1 aliphatic carbocycles. The molecule has 0 saturated carbocycles. The van der Waals surface area contributed by atoms with Gasteiger partial charge in [-0.2, -0.15) is 9.78 Å². The molecule has 2 N–H and O–H groups in total. The number of aromatic nitrogens is 4. The number of rotatable bonds is 6. The van der Waals surface area contributed by atoms with Crippen molar-refractivity contribution in [3.63, 3.8) is 0 Å². The van der Waals surface area contributed by atoms with E-state index in [2.05, 4.69) is 20.4 Å². The number of fused-ring (bicyclic) bond motifs is 1. The van der Waals surface area contributed by atoms with E-state index in [0.29, 0.717) is 46.3 Å². The number of aromatic amines is 1. The average Bonchev–Trinajstić information content (AvgIpc) is 3.54. The highest BCUT2D eigenvalue weighted by atomic mass is 16.5. The third kappa shape index (κ3) is 3.94. The van der Waals surface area contributed by atoms with Gasteiger partial charge in [0.2, 0.25) is 5.95 Å². The first-order valence-electron chi connectivity index (χ1n) is 10.9. The minimum absolute atomic E-state index is 0.191. The number of nitrogens with zero attached hydrogens (tertiary/aromatic N) is 3. The van der Waals surface area contributed by atoms with Gasteiger partial charge in [0, 0.05) is 17.7 Å². The minimum atomic E-state index is -0.424. The number of hydrogen-bond acceptors (Lipinski definition) is 7. The van der Waals surface area contributed by atoms with Crippen LogP contribution in [0.15, 0.2) is 51.9 Å². The van der Waals surface area contributed by atoms with E-state index in [4.69, 9.17) is 13.9 Å². The van der Waals surface area contributed by atoms with E-state index >= 15 is 0 Å². The van der Waals surface area contributed by atoms with E-state index in [0.717, 1.165) is 25.0 Å². The molecule has 0 fully saturated rings. The van der Waals surface area contributed by atoms with Gasteiger partial charge < -0.3 is 19.2 Å². The van der Waals surface area contributed by atoms with Gasteiger partial charge in [0.15, 0.2) is 5.76 Å². The lowest BCUT2D eigenvalue weighted by Crippen LogP contribution is -2.24. The highest BCUT2D eigenvalue weighted by Crippen LogP contribution is 2.28. The summed E-state index contributed by atoms with van der Waals surface area (Å²) < 4.78 is 17.5. The van der Waals surface area contributed by atoms with Crippen molar-refractivity contribution in [2.75, 3.05) is 19.5 Å². The number of methoxy groups -OCH3 is 2. The van der Waals surface area contributed by atoms with E-state index in [1.165, 1.54) is 25.2 Å². The maximum atomic E-state index is 13.2. The van der Waals surface area contributed by atoms with Crippen LogP contribution >= 0.6 is 0 Å². The number of benzene rings is 1. The van der Waals surface area contributed by atoms with E-state index in [-0.39, 0.29) is 11.5 Å². The average molecular weight is 461 g/mol. The molecule has 0 aliphatic heterocycles. The number of ether oxygens (including phenoxy) is 2. The summed E-state index contributed by atoms with van der Waals surface area (Å²) in [5, 5.41) is 7.41. The van der Waals surface area contributed by atoms with Crippen LogP contribution in [-0.4, -0.2) is 39.9 Å². The quantitative estimate of drug-likeness (QED) is 0.451. The molecule has 10 nitrogen and oxygen atoms in total. The Morgan fingerprint density at radius 1 is 1.15 bits per heavy atom. The van der Waals surface area contributed by atoms with Gasteiger partial charge in [-0.25, -0.2) is 4.98 Å². The SMILES string of the molecule is COc1ccc(C(=O)Nc2cc(-c3ccco3)nn2-c2nc3c(c(=O)[nH]2)CCCC3)c(OC)c1. The molecule has 0 radical (unpaired) electrons. The fourth-order valence-electron chi connectivity index (χ4n) is 4.04. The second-order valence-electron chi connectivity index (χ2n) is 7.85. The summed E-state index contributed by atoms with van der Waals surface area (Å²) in [4.78, 5) is 33.4. The molecule has 5 rings (SSSR count). The summed E-state index contributed by atoms with van der Waals surface area (Å²) >= 11 is 0. The number of amides is 1. The zero-order chi connectivity index (χ0) is 23.7. The van der Waals surface area contributed by atoms with Crippen LogP contribution in [0.25, 0.3) is 17.4 Å². The molecule has 1 aromatic carbocycles. The Hall–Kier alpha value is -4.34. The van der Waals surface area contributed by atoms with Gasteiger partial charge in [-0.3, -0.25) is 14.6 Å². The van der Waals surface area contributed by atoms with Gasteiger partial charge in [0.05, 0.1) is 31.7 Å². The summed E-state index contributed by atoms with van der Waals surface area (Å²) in [6, 6.07) is 10.1. The predicted molar refractivity (Wildman–Crippen MR) is 124 cm³/mol. The van der Waals surface area contributed by atoms with Crippen LogP contribution < -0.4 is 20.3 Å². The topological polar surface area (TPSA) is 124 Å². The van der Waals surface area contributed by atoms with Crippen molar-refractivity contribution in [3.05, 3.63) is 69.8 Å². The highest BCUT2D eigenvalue weighted by Gasteiger charge is 2.22. The molecule has 1 aliphatic rings. The number of carbonyl (C=O) groups excluding carboxylic acids is 1. The number of aryl methyl sites for hydroxylation is 1. The molecule has 174 valence electrons. The first-order chi connectivity index (χ1) is 16.6. The normalized spacial score (nSPS) is 12.8. The van der Waals surface area contributed by atoms with Crippen LogP contribution in [-0.2, 0) is 12.8 Å². The first kappa shape index (κ1) is 21.5. The van der Waals surface area contributed by atoms with E-state index in [9.17, 15) is 9.59 Å². The van der Waals surface area contributed by atoms with Gasteiger partial charge in [-0.1, -0.05) is 0 Å². The predicted octanol–water partition coefficient (Wildman–Crippen LogP) is 3.36.